The summed E-state index contributed by atoms with van der Waals surface area (Å²) < 4.78 is 29.7. The van der Waals surface area contributed by atoms with Gasteiger partial charge < -0.3 is 15.4 Å². The molecule has 0 heterocycles. The highest BCUT2D eigenvalue weighted by Gasteiger charge is 2.02. The van der Waals surface area contributed by atoms with E-state index in [1.807, 2.05) is 13.0 Å². The zero-order valence-corrected chi connectivity index (χ0v) is 15.7. The minimum absolute atomic E-state index is 0.409. The number of nitrogens with one attached hydrogen (secondary N) is 3. The van der Waals surface area contributed by atoms with Gasteiger partial charge in [0, 0.05) is 26.7 Å². The molecule has 1 rings (SSSR count). The molecule has 1 aromatic rings. The molecule has 0 aliphatic rings. The van der Waals surface area contributed by atoms with E-state index in [1.165, 1.54) is 5.56 Å². The van der Waals surface area contributed by atoms with Crippen LogP contribution in [0.4, 0.5) is 0 Å². The van der Waals surface area contributed by atoms with E-state index in [1.54, 1.807) is 14.2 Å². The van der Waals surface area contributed by atoms with Crippen LogP contribution in [0.15, 0.2) is 23.2 Å². The van der Waals surface area contributed by atoms with Gasteiger partial charge in [0.2, 0.25) is 10.0 Å². The van der Waals surface area contributed by atoms with E-state index >= 15 is 0 Å². The van der Waals surface area contributed by atoms with Gasteiger partial charge in [-0.15, -0.1) is 0 Å². The topological polar surface area (TPSA) is 91.8 Å². The lowest BCUT2D eigenvalue weighted by atomic mass is 10.1. The van der Waals surface area contributed by atoms with Crippen molar-refractivity contribution in [2.24, 2.45) is 4.99 Å². The highest BCUT2D eigenvalue weighted by molar-refractivity contribution is 7.88. The molecule has 136 valence electrons. The summed E-state index contributed by atoms with van der Waals surface area (Å²) in [4.78, 5) is 4.14. The standard InChI is InChI=1S/C16H28N4O3S/c1-13-6-7-14(12-15(13)23-3)8-11-19-16(17-2)18-9-5-10-20-24(4,21)22/h6-7,12,20H,5,8-11H2,1-4H3,(H2,17,18,19). The van der Waals surface area contributed by atoms with E-state index in [0.717, 1.165) is 30.5 Å². The van der Waals surface area contributed by atoms with Crippen molar-refractivity contribution in [1.82, 2.24) is 15.4 Å². The molecule has 0 radical (unpaired) electrons. The van der Waals surface area contributed by atoms with Gasteiger partial charge in [0.15, 0.2) is 5.96 Å². The molecule has 0 atom stereocenters. The number of ether oxygens (including phenoxy) is 1. The molecule has 0 spiro atoms. The molecular formula is C16H28N4O3S. The third-order valence-electron chi connectivity index (χ3n) is 3.41. The van der Waals surface area contributed by atoms with Gasteiger partial charge in [-0.05, 0) is 37.0 Å². The average molecular weight is 356 g/mol. The molecule has 0 aromatic heterocycles. The molecule has 7 nitrogen and oxygen atoms in total. The second-order valence-corrected chi connectivity index (χ2v) is 7.33. The van der Waals surface area contributed by atoms with Crippen molar-refractivity contribution in [1.29, 1.82) is 0 Å². The Kier molecular flexibility index (Phi) is 8.56. The number of hydrogen-bond acceptors (Lipinski definition) is 4. The third-order valence-corrected chi connectivity index (χ3v) is 4.14. The molecular weight excluding hydrogens is 328 g/mol. The first-order valence-electron chi connectivity index (χ1n) is 7.88. The maximum atomic E-state index is 11.0. The molecule has 0 saturated heterocycles. The van der Waals surface area contributed by atoms with Gasteiger partial charge in [-0.1, -0.05) is 12.1 Å². The van der Waals surface area contributed by atoms with Crippen molar-refractivity contribution in [2.45, 2.75) is 19.8 Å². The first-order chi connectivity index (χ1) is 11.4. The largest absolute Gasteiger partial charge is 0.496 e. The lowest BCUT2D eigenvalue weighted by molar-refractivity contribution is 0.411. The van der Waals surface area contributed by atoms with Crippen LogP contribution in [0.3, 0.4) is 0 Å². The van der Waals surface area contributed by atoms with Crippen LogP contribution >= 0.6 is 0 Å². The van der Waals surface area contributed by atoms with Crippen LogP contribution in [0, 0.1) is 6.92 Å². The Morgan fingerprint density at radius 2 is 1.92 bits per heavy atom. The van der Waals surface area contributed by atoms with Gasteiger partial charge in [-0.25, -0.2) is 13.1 Å². The summed E-state index contributed by atoms with van der Waals surface area (Å²) >= 11 is 0. The smallest absolute Gasteiger partial charge is 0.208 e. The Morgan fingerprint density at radius 1 is 1.21 bits per heavy atom. The second kappa shape index (κ2) is 10.1. The molecule has 0 fully saturated rings. The monoisotopic (exact) mass is 356 g/mol. The predicted octanol–water partition coefficient (Wildman–Crippen LogP) is 0.650. The van der Waals surface area contributed by atoms with Gasteiger partial charge in [-0.2, -0.15) is 0 Å². The van der Waals surface area contributed by atoms with Gasteiger partial charge in [0.1, 0.15) is 5.75 Å². The van der Waals surface area contributed by atoms with E-state index in [-0.39, 0.29) is 0 Å². The van der Waals surface area contributed by atoms with Crippen molar-refractivity contribution >= 4 is 16.0 Å². The van der Waals surface area contributed by atoms with E-state index in [2.05, 4.69) is 32.5 Å². The summed E-state index contributed by atoms with van der Waals surface area (Å²) in [7, 11) is 0.265. The van der Waals surface area contributed by atoms with Crippen molar-refractivity contribution in [3.05, 3.63) is 29.3 Å². The van der Waals surface area contributed by atoms with Crippen LogP contribution in [0.1, 0.15) is 17.5 Å². The number of aliphatic imine (C=N–C) groups is 1. The van der Waals surface area contributed by atoms with Crippen molar-refractivity contribution < 1.29 is 13.2 Å². The van der Waals surface area contributed by atoms with Crippen molar-refractivity contribution in [3.8, 4) is 5.75 Å². The molecule has 8 heteroatoms. The number of benzene rings is 1. The summed E-state index contributed by atoms with van der Waals surface area (Å²) in [6.45, 7) is 3.81. The Hall–Kier alpha value is -1.80. The van der Waals surface area contributed by atoms with Crippen LogP contribution in [0.2, 0.25) is 0 Å². The predicted molar refractivity (Wildman–Crippen MR) is 98.3 cm³/mol. The van der Waals surface area contributed by atoms with Crippen LogP contribution < -0.4 is 20.1 Å². The molecule has 0 aliphatic heterocycles. The van der Waals surface area contributed by atoms with E-state index in [4.69, 9.17) is 4.74 Å². The molecule has 0 amide bonds. The number of aryl methyl sites for hydroxylation is 1. The van der Waals surface area contributed by atoms with Crippen LogP contribution in [-0.4, -0.2) is 54.4 Å². The Morgan fingerprint density at radius 3 is 2.54 bits per heavy atom. The fourth-order valence-corrected chi connectivity index (χ4v) is 2.63. The average Bonchev–Trinajstić information content (AvgIpc) is 2.53. The number of rotatable bonds is 9. The van der Waals surface area contributed by atoms with Gasteiger partial charge in [0.25, 0.3) is 0 Å². The maximum Gasteiger partial charge on any atom is 0.208 e. The quantitative estimate of drug-likeness (QED) is 0.343. The summed E-state index contributed by atoms with van der Waals surface area (Å²) in [5.74, 6) is 1.60. The lowest BCUT2D eigenvalue weighted by Gasteiger charge is -2.12. The van der Waals surface area contributed by atoms with E-state index in [9.17, 15) is 8.42 Å². The number of guanidine groups is 1. The zero-order valence-electron chi connectivity index (χ0n) is 14.8. The van der Waals surface area contributed by atoms with E-state index < -0.39 is 10.0 Å². The number of methoxy groups -OCH3 is 1. The molecule has 1 aromatic carbocycles. The first kappa shape index (κ1) is 20.2. The van der Waals surface area contributed by atoms with Crippen LogP contribution in [0.5, 0.6) is 5.75 Å². The van der Waals surface area contributed by atoms with Gasteiger partial charge >= 0.3 is 0 Å². The highest BCUT2D eigenvalue weighted by atomic mass is 32.2. The first-order valence-corrected chi connectivity index (χ1v) is 9.77. The number of sulfonamides is 1. The lowest BCUT2D eigenvalue weighted by Crippen LogP contribution is -2.39. The minimum atomic E-state index is -3.12. The third kappa shape index (κ3) is 8.16. The summed E-state index contributed by atoms with van der Waals surface area (Å²) in [6.07, 6.45) is 2.69. The Labute approximate surface area is 145 Å². The van der Waals surface area contributed by atoms with Gasteiger partial charge in [-0.3, -0.25) is 4.99 Å². The maximum absolute atomic E-state index is 11.0. The summed E-state index contributed by atoms with van der Waals surface area (Å²) in [5, 5.41) is 6.39. The molecule has 0 saturated carbocycles. The SMILES string of the molecule is CN=C(NCCCNS(C)(=O)=O)NCCc1ccc(C)c(OC)c1. The molecule has 0 unspecified atom stereocenters. The Bertz CT molecular complexity index is 645. The zero-order chi connectivity index (χ0) is 18.0. The molecule has 24 heavy (non-hydrogen) atoms. The summed E-state index contributed by atoms with van der Waals surface area (Å²) in [6, 6.07) is 6.19. The van der Waals surface area contributed by atoms with E-state index in [0.29, 0.717) is 25.5 Å². The second-order valence-electron chi connectivity index (χ2n) is 5.50. The Balaban J connectivity index is 2.29. The minimum Gasteiger partial charge on any atom is -0.496 e. The fraction of sp³-hybridized carbons (Fsp3) is 0.562. The van der Waals surface area contributed by atoms with Crippen LogP contribution in [-0.2, 0) is 16.4 Å². The van der Waals surface area contributed by atoms with Crippen molar-refractivity contribution in [2.75, 3.05) is 40.0 Å². The highest BCUT2D eigenvalue weighted by Crippen LogP contribution is 2.18. The normalized spacial score (nSPS) is 12.1. The number of hydrogen-bond donors (Lipinski definition) is 3. The molecule has 0 aliphatic carbocycles. The fourth-order valence-electron chi connectivity index (χ4n) is 2.12. The number of nitrogens with zero attached hydrogens (tertiary/aromatic N) is 1. The van der Waals surface area contributed by atoms with Gasteiger partial charge in [0.05, 0.1) is 13.4 Å². The molecule has 0 bridgehead atoms. The molecule has 3 N–H and O–H groups in total. The summed E-state index contributed by atoms with van der Waals surface area (Å²) in [5.41, 5.74) is 2.31. The van der Waals surface area contributed by atoms with Crippen molar-refractivity contribution in [3.63, 3.8) is 0 Å². The van der Waals surface area contributed by atoms with Crippen LogP contribution in [0.25, 0.3) is 0 Å².